The van der Waals surface area contributed by atoms with Gasteiger partial charge in [-0.2, -0.15) is 11.8 Å². The van der Waals surface area contributed by atoms with Crippen LogP contribution in [0, 0.1) is 11.8 Å². The Morgan fingerprint density at radius 3 is 1.39 bits per heavy atom. The highest BCUT2D eigenvalue weighted by Gasteiger charge is 2.37. The van der Waals surface area contributed by atoms with Crippen LogP contribution < -0.4 is 37.2 Å². The quantitative estimate of drug-likeness (QED) is 0.0798. The van der Waals surface area contributed by atoms with Gasteiger partial charge in [0.25, 0.3) is 0 Å². The number of hydrogen-bond donors (Lipinski definition) is 7. The molecular formula is C37H69N7O11S. The molecule has 56 heavy (non-hydrogen) atoms. The summed E-state index contributed by atoms with van der Waals surface area (Å²) >= 11 is 1.43. The molecule has 0 heterocycles. The van der Waals surface area contributed by atoms with Gasteiger partial charge in [0.2, 0.25) is 35.4 Å². The van der Waals surface area contributed by atoms with Crippen LogP contribution in [0.2, 0.25) is 0 Å². The highest BCUT2D eigenvalue weighted by atomic mass is 32.2. The molecule has 0 saturated carbocycles. The fourth-order valence-electron chi connectivity index (χ4n) is 4.93. The van der Waals surface area contributed by atoms with Crippen molar-refractivity contribution in [3.05, 3.63) is 0 Å². The molecule has 0 fully saturated rings. The fraction of sp³-hybridized carbons (Fsp3) is 0.784. The minimum atomic E-state index is -1.56. The molecule has 324 valence electrons. The van der Waals surface area contributed by atoms with Gasteiger partial charge in [-0.25, -0.2) is 9.59 Å². The van der Waals surface area contributed by atoms with Gasteiger partial charge in [-0.05, 0) is 105 Å². The molecule has 0 aromatic heterocycles. The summed E-state index contributed by atoms with van der Waals surface area (Å²) in [6.07, 6.45) is 1.67. The molecule has 0 spiro atoms. The Hall–Kier alpha value is -4.13. The molecule has 0 aromatic rings. The predicted octanol–water partition coefficient (Wildman–Crippen LogP) is 0.842. The number of carbonyl (C=O) groups is 8. The Labute approximate surface area is 336 Å². The van der Waals surface area contributed by atoms with E-state index in [9.17, 15) is 38.4 Å². The average molecular weight is 820 g/mol. The predicted molar refractivity (Wildman–Crippen MR) is 214 cm³/mol. The van der Waals surface area contributed by atoms with Crippen LogP contribution in [0.3, 0.4) is 0 Å². The second kappa shape index (κ2) is 23.8. The molecule has 0 saturated heterocycles. The molecular weight excluding hydrogens is 751 g/mol. The Balaban J connectivity index is 0. The van der Waals surface area contributed by atoms with Gasteiger partial charge in [0.1, 0.15) is 46.9 Å². The molecule has 0 aliphatic heterocycles. The van der Waals surface area contributed by atoms with Gasteiger partial charge in [-0.3, -0.25) is 28.8 Å². The maximum Gasteiger partial charge on any atom is 0.408 e. The molecule has 18 nitrogen and oxygen atoms in total. The zero-order valence-corrected chi connectivity index (χ0v) is 36.7. The maximum atomic E-state index is 13.6. The summed E-state index contributed by atoms with van der Waals surface area (Å²) in [6.45, 7) is 21.2. The number of esters is 1. The van der Waals surface area contributed by atoms with Gasteiger partial charge in [0.05, 0.1) is 7.11 Å². The number of nitrogens with one attached hydrogen (secondary N) is 7. The third-order valence-corrected chi connectivity index (χ3v) is 8.57. The van der Waals surface area contributed by atoms with Crippen LogP contribution in [-0.2, 0) is 43.0 Å². The van der Waals surface area contributed by atoms with Crippen LogP contribution in [0.5, 0.6) is 0 Å². The van der Waals surface area contributed by atoms with Crippen molar-refractivity contribution in [3.8, 4) is 0 Å². The first-order valence-corrected chi connectivity index (χ1v) is 19.9. The van der Waals surface area contributed by atoms with E-state index in [-0.39, 0.29) is 36.6 Å². The minimum Gasteiger partial charge on any atom is -0.467 e. The van der Waals surface area contributed by atoms with E-state index in [2.05, 4.69) is 37.2 Å². The summed E-state index contributed by atoms with van der Waals surface area (Å²) in [7, 11) is 1.20. The third kappa shape index (κ3) is 20.2. The van der Waals surface area contributed by atoms with E-state index >= 15 is 0 Å². The van der Waals surface area contributed by atoms with Crippen molar-refractivity contribution in [3.63, 3.8) is 0 Å². The molecule has 0 aliphatic rings. The number of amides is 7. The summed E-state index contributed by atoms with van der Waals surface area (Å²) in [5.74, 6) is -4.18. The smallest absolute Gasteiger partial charge is 0.408 e. The Bertz CT molecular complexity index is 1370. The summed E-state index contributed by atoms with van der Waals surface area (Å²) in [5, 5.41) is 18.3. The molecule has 19 heteroatoms. The molecule has 0 bridgehead atoms. The van der Waals surface area contributed by atoms with Gasteiger partial charge in [0, 0.05) is 0 Å². The molecule has 0 rings (SSSR count). The average Bonchev–Trinajstić information content (AvgIpc) is 3.03. The first-order chi connectivity index (χ1) is 25.1. The molecule has 9 N–H and O–H groups in total. The molecule has 0 unspecified atom stereocenters. The second-order valence-corrected chi connectivity index (χ2v) is 17.5. The highest BCUT2D eigenvalue weighted by molar-refractivity contribution is 7.98. The molecule has 7 amide bonds. The first kappa shape index (κ1) is 54.0. The summed E-state index contributed by atoms with van der Waals surface area (Å²) in [5.41, 5.74) is -3.70. The summed E-state index contributed by atoms with van der Waals surface area (Å²) in [4.78, 5) is 104. The van der Waals surface area contributed by atoms with Gasteiger partial charge in [-0.15, -0.1) is 0 Å². The highest BCUT2D eigenvalue weighted by Crippen LogP contribution is 2.13. The van der Waals surface area contributed by atoms with Gasteiger partial charge < -0.3 is 52.2 Å². The van der Waals surface area contributed by atoms with Gasteiger partial charge in [-0.1, -0.05) is 27.7 Å². The van der Waals surface area contributed by atoms with E-state index in [4.69, 9.17) is 9.47 Å². The topological polar surface area (TPSA) is 271 Å². The SMILES string of the molecule is COC(=O)C(C)(C)NC(=O)[C@H](CC(C)C)NC(=O)[C@H](C)NC(=O)[C@H](CCSC)NC(=O)C(C)(C)NC(=O)[C@H](CC(C)C)NC(=O)[C@H](C)NC(=O)OC(C)(C)C.O. The van der Waals surface area contributed by atoms with Crippen LogP contribution in [0.1, 0.15) is 109 Å². The molecule has 5 atom stereocenters. The van der Waals surface area contributed by atoms with Crippen molar-refractivity contribution in [2.45, 2.75) is 156 Å². The monoisotopic (exact) mass is 819 g/mol. The van der Waals surface area contributed by atoms with Crippen molar-refractivity contribution in [1.29, 1.82) is 0 Å². The lowest BCUT2D eigenvalue weighted by Crippen LogP contribution is -2.63. The van der Waals surface area contributed by atoms with E-state index in [0.717, 1.165) is 0 Å². The lowest BCUT2D eigenvalue weighted by atomic mass is 9.98. The number of alkyl carbamates (subject to hydrolysis) is 1. The van der Waals surface area contributed by atoms with E-state index < -0.39 is 94.4 Å². The number of thioether (sulfide) groups is 1. The van der Waals surface area contributed by atoms with Crippen LogP contribution in [0.25, 0.3) is 0 Å². The number of rotatable bonds is 21. The largest absolute Gasteiger partial charge is 0.467 e. The summed E-state index contributed by atoms with van der Waals surface area (Å²) < 4.78 is 9.96. The van der Waals surface area contributed by atoms with Crippen molar-refractivity contribution in [2.24, 2.45) is 11.8 Å². The number of hydrogen-bond acceptors (Lipinski definition) is 11. The standard InChI is InChI=1S/C37H67N7O10S.H2O/c1-20(2)18-25(41-28(46)23(6)39-34(52)54-35(7,8)9)30(48)43-36(10,11)32(50)42-24(16-17-55-15)29(47)38-22(5)27(45)40-26(19-21(3)4)31(49)44-37(12,13)33(51)53-14;/h20-26H,16-19H2,1-15H3,(H,38,47)(H,39,52)(H,40,45)(H,41,46)(H,42,50)(H,43,48)(H,44,49);1H2/t22-,23-,24-,25-,26-;/m0./s1. The van der Waals surface area contributed by atoms with Crippen molar-refractivity contribution in [2.75, 3.05) is 19.1 Å². The van der Waals surface area contributed by atoms with Crippen molar-refractivity contribution < 1.29 is 53.3 Å². The van der Waals surface area contributed by atoms with E-state index in [0.29, 0.717) is 5.75 Å². The minimum absolute atomic E-state index is 0. The van der Waals surface area contributed by atoms with Gasteiger partial charge >= 0.3 is 12.1 Å². The van der Waals surface area contributed by atoms with Crippen molar-refractivity contribution in [1.82, 2.24) is 37.2 Å². The lowest BCUT2D eigenvalue weighted by Gasteiger charge is -2.31. The Kier molecular flexibility index (Phi) is 23.0. The molecule has 0 radical (unpaired) electrons. The zero-order chi connectivity index (χ0) is 43.1. The van der Waals surface area contributed by atoms with Crippen LogP contribution in [0.4, 0.5) is 4.79 Å². The number of methoxy groups -OCH3 is 1. The Morgan fingerprint density at radius 1 is 0.571 bits per heavy atom. The third-order valence-electron chi connectivity index (χ3n) is 7.93. The number of carbonyl (C=O) groups excluding carboxylic acids is 8. The van der Waals surface area contributed by atoms with E-state index in [1.54, 1.807) is 20.8 Å². The number of ether oxygens (including phenoxy) is 2. The van der Waals surface area contributed by atoms with Crippen LogP contribution in [-0.4, -0.2) is 119 Å². The van der Waals surface area contributed by atoms with Gasteiger partial charge in [0.15, 0.2) is 0 Å². The maximum absolute atomic E-state index is 13.6. The molecule has 0 aromatic carbocycles. The van der Waals surface area contributed by atoms with Crippen LogP contribution in [0.15, 0.2) is 0 Å². The fourth-order valence-corrected chi connectivity index (χ4v) is 5.40. The molecule has 0 aliphatic carbocycles. The van der Waals surface area contributed by atoms with E-state index in [1.165, 1.54) is 60.4 Å². The van der Waals surface area contributed by atoms with E-state index in [1.807, 2.05) is 34.0 Å². The first-order valence-electron chi connectivity index (χ1n) is 18.5. The Morgan fingerprint density at radius 2 is 1.00 bits per heavy atom. The van der Waals surface area contributed by atoms with Crippen LogP contribution >= 0.6 is 11.8 Å². The lowest BCUT2D eigenvalue weighted by molar-refractivity contribution is -0.149. The zero-order valence-electron chi connectivity index (χ0n) is 35.9. The normalized spacial score (nSPS) is 14.4. The second-order valence-electron chi connectivity index (χ2n) is 16.5. The van der Waals surface area contributed by atoms with Crippen molar-refractivity contribution >= 4 is 59.3 Å². The summed E-state index contributed by atoms with van der Waals surface area (Å²) in [6, 6.07) is -5.36.